The summed E-state index contributed by atoms with van der Waals surface area (Å²) in [5.74, 6) is 0. The van der Waals surface area contributed by atoms with E-state index in [0.29, 0.717) is 10.0 Å². The molecule has 0 amide bonds. The molecule has 0 bridgehead atoms. The lowest BCUT2D eigenvalue weighted by Gasteiger charge is -2.02. The quantitative estimate of drug-likeness (QED) is 0.595. The maximum atomic E-state index is 6.14. The molecule has 0 nitrogen and oxygen atoms in total. The molecule has 0 atom stereocenters. The molecule has 0 aliphatic rings. The summed E-state index contributed by atoms with van der Waals surface area (Å²) in [5, 5.41) is 1.35. The zero-order valence-electron chi connectivity index (χ0n) is 10.9. The van der Waals surface area contributed by atoms with E-state index in [1.54, 1.807) is 0 Å². The van der Waals surface area contributed by atoms with Crippen LogP contribution in [-0.2, 0) is 6.42 Å². The van der Waals surface area contributed by atoms with Crippen molar-refractivity contribution in [1.29, 1.82) is 0 Å². The fourth-order valence-corrected chi connectivity index (χ4v) is 2.51. The summed E-state index contributed by atoms with van der Waals surface area (Å²) in [4.78, 5) is 0. The zero-order valence-corrected chi connectivity index (χ0v) is 12.4. The fourth-order valence-electron chi connectivity index (χ4n) is 1.99. The van der Waals surface area contributed by atoms with Gasteiger partial charge in [0.05, 0.1) is 0 Å². The Hall–Kier alpha value is -1.24. The number of hydrogen-bond donors (Lipinski definition) is 0. The van der Waals surface area contributed by atoms with Gasteiger partial charge < -0.3 is 0 Å². The zero-order chi connectivity index (χ0) is 13.7. The van der Waals surface area contributed by atoms with Gasteiger partial charge >= 0.3 is 0 Å². The molecule has 0 spiro atoms. The highest BCUT2D eigenvalue weighted by Crippen LogP contribution is 2.26. The number of aryl methyl sites for hydroxylation is 1. The van der Waals surface area contributed by atoms with E-state index in [1.165, 1.54) is 11.1 Å². The molecular weight excluding hydrogens is 275 g/mol. The van der Waals surface area contributed by atoms with Gasteiger partial charge in [-0.1, -0.05) is 79.0 Å². The average molecular weight is 291 g/mol. The second-order valence-electron chi connectivity index (χ2n) is 4.46. The van der Waals surface area contributed by atoms with Crippen LogP contribution >= 0.6 is 23.2 Å². The van der Waals surface area contributed by atoms with Crippen LogP contribution in [0.25, 0.3) is 12.2 Å². The summed E-state index contributed by atoms with van der Waals surface area (Å²) >= 11 is 12.3. The van der Waals surface area contributed by atoms with Crippen LogP contribution in [0.15, 0.2) is 42.5 Å². The number of hydrogen-bond acceptors (Lipinski definition) is 0. The lowest BCUT2D eigenvalue weighted by atomic mass is 10.1. The summed E-state index contributed by atoms with van der Waals surface area (Å²) in [5.41, 5.74) is 3.39. The van der Waals surface area contributed by atoms with Crippen molar-refractivity contribution in [2.45, 2.75) is 19.8 Å². The SMILES string of the molecule is CCCc1cccc(/C=C/c2c(Cl)cccc2Cl)c1. The molecular formula is C17H16Cl2. The second kappa shape index (κ2) is 6.79. The van der Waals surface area contributed by atoms with E-state index in [2.05, 4.69) is 31.2 Å². The molecule has 0 aliphatic heterocycles. The standard InChI is InChI=1S/C17H16Cl2/c1-2-5-13-6-3-7-14(12-13)10-11-15-16(18)8-4-9-17(15)19/h3-4,6-12H,2,5H2,1H3/b11-10+. The summed E-state index contributed by atoms with van der Waals surface area (Å²) in [6.45, 7) is 2.19. The van der Waals surface area contributed by atoms with Crippen LogP contribution in [0, 0.1) is 0 Å². The van der Waals surface area contributed by atoms with Gasteiger partial charge in [-0.3, -0.25) is 0 Å². The molecule has 0 saturated heterocycles. The molecule has 19 heavy (non-hydrogen) atoms. The monoisotopic (exact) mass is 290 g/mol. The smallest absolute Gasteiger partial charge is 0.0493 e. The summed E-state index contributed by atoms with van der Waals surface area (Å²) in [7, 11) is 0. The molecule has 0 aliphatic carbocycles. The molecule has 0 unspecified atom stereocenters. The van der Waals surface area contributed by atoms with Gasteiger partial charge in [-0.2, -0.15) is 0 Å². The Morgan fingerprint density at radius 1 is 0.947 bits per heavy atom. The van der Waals surface area contributed by atoms with Crippen LogP contribution in [-0.4, -0.2) is 0 Å². The molecule has 0 aromatic heterocycles. The molecule has 2 aromatic rings. The van der Waals surface area contributed by atoms with Crippen LogP contribution in [0.4, 0.5) is 0 Å². The molecule has 98 valence electrons. The minimum absolute atomic E-state index is 0.675. The van der Waals surface area contributed by atoms with Crippen LogP contribution in [0.3, 0.4) is 0 Å². The van der Waals surface area contributed by atoms with Crippen molar-refractivity contribution < 1.29 is 0 Å². The minimum Gasteiger partial charge on any atom is -0.0836 e. The van der Waals surface area contributed by atoms with E-state index < -0.39 is 0 Å². The van der Waals surface area contributed by atoms with Crippen molar-refractivity contribution >= 4 is 35.4 Å². The molecule has 0 heterocycles. The molecule has 0 radical (unpaired) electrons. The van der Waals surface area contributed by atoms with Gasteiger partial charge in [-0.05, 0) is 29.7 Å². The molecule has 0 fully saturated rings. The van der Waals surface area contributed by atoms with Crippen molar-refractivity contribution in [2.75, 3.05) is 0 Å². The Bertz CT molecular complexity index is 565. The van der Waals surface area contributed by atoms with Gasteiger partial charge in [-0.15, -0.1) is 0 Å². The largest absolute Gasteiger partial charge is 0.0836 e. The van der Waals surface area contributed by atoms with Crippen molar-refractivity contribution in [3.05, 3.63) is 69.2 Å². The Morgan fingerprint density at radius 2 is 1.63 bits per heavy atom. The fraction of sp³-hybridized carbons (Fsp3) is 0.176. The number of rotatable bonds is 4. The van der Waals surface area contributed by atoms with Gasteiger partial charge in [0.2, 0.25) is 0 Å². The number of benzene rings is 2. The van der Waals surface area contributed by atoms with Gasteiger partial charge in [0.15, 0.2) is 0 Å². The first-order chi connectivity index (χ1) is 9.20. The predicted octanol–water partition coefficient (Wildman–Crippen LogP) is 6.12. The Labute approximate surface area is 124 Å². The van der Waals surface area contributed by atoms with E-state index in [0.717, 1.165) is 18.4 Å². The lowest BCUT2D eigenvalue weighted by Crippen LogP contribution is -1.83. The highest BCUT2D eigenvalue weighted by atomic mass is 35.5. The molecule has 2 rings (SSSR count). The van der Waals surface area contributed by atoms with Crippen molar-refractivity contribution in [3.63, 3.8) is 0 Å². The summed E-state index contributed by atoms with van der Waals surface area (Å²) in [6.07, 6.45) is 6.28. The summed E-state index contributed by atoms with van der Waals surface area (Å²) < 4.78 is 0. The van der Waals surface area contributed by atoms with E-state index >= 15 is 0 Å². The normalized spacial score (nSPS) is 11.1. The third-order valence-electron chi connectivity index (χ3n) is 2.93. The van der Waals surface area contributed by atoms with Crippen LogP contribution in [0.1, 0.15) is 30.0 Å². The maximum absolute atomic E-state index is 6.14. The molecule has 0 N–H and O–H groups in total. The van der Waals surface area contributed by atoms with E-state index in [1.807, 2.05) is 30.4 Å². The molecule has 2 heteroatoms. The highest BCUT2D eigenvalue weighted by molar-refractivity contribution is 6.37. The number of halogens is 2. The lowest BCUT2D eigenvalue weighted by molar-refractivity contribution is 0.921. The predicted molar refractivity (Wildman–Crippen MR) is 85.8 cm³/mol. The third kappa shape index (κ3) is 3.86. The van der Waals surface area contributed by atoms with Gasteiger partial charge in [0.1, 0.15) is 0 Å². The average Bonchev–Trinajstić information content (AvgIpc) is 2.39. The second-order valence-corrected chi connectivity index (χ2v) is 5.28. The Morgan fingerprint density at radius 3 is 2.32 bits per heavy atom. The van der Waals surface area contributed by atoms with Crippen molar-refractivity contribution in [2.24, 2.45) is 0 Å². The highest BCUT2D eigenvalue weighted by Gasteiger charge is 2.01. The van der Waals surface area contributed by atoms with Gasteiger partial charge in [0, 0.05) is 15.6 Å². The third-order valence-corrected chi connectivity index (χ3v) is 3.59. The Kier molecular flexibility index (Phi) is 5.07. The first-order valence-corrected chi connectivity index (χ1v) is 7.17. The molecule has 0 saturated carbocycles. The summed E-state index contributed by atoms with van der Waals surface area (Å²) in [6, 6.07) is 14.1. The van der Waals surface area contributed by atoms with E-state index in [9.17, 15) is 0 Å². The Balaban J connectivity index is 2.25. The van der Waals surface area contributed by atoms with Gasteiger partial charge in [0.25, 0.3) is 0 Å². The minimum atomic E-state index is 0.675. The van der Waals surface area contributed by atoms with E-state index in [-0.39, 0.29) is 0 Å². The first kappa shape index (κ1) is 14.2. The molecule has 2 aromatic carbocycles. The van der Waals surface area contributed by atoms with Crippen LogP contribution < -0.4 is 0 Å². The van der Waals surface area contributed by atoms with Crippen molar-refractivity contribution in [3.8, 4) is 0 Å². The topological polar surface area (TPSA) is 0 Å². The van der Waals surface area contributed by atoms with Crippen LogP contribution in [0.2, 0.25) is 10.0 Å². The van der Waals surface area contributed by atoms with Crippen molar-refractivity contribution in [1.82, 2.24) is 0 Å². The maximum Gasteiger partial charge on any atom is 0.0493 e. The van der Waals surface area contributed by atoms with Crippen LogP contribution in [0.5, 0.6) is 0 Å². The van der Waals surface area contributed by atoms with E-state index in [4.69, 9.17) is 23.2 Å². The van der Waals surface area contributed by atoms with Gasteiger partial charge in [-0.25, -0.2) is 0 Å². The first-order valence-electron chi connectivity index (χ1n) is 6.41.